The molecule has 5 nitrogen and oxygen atoms in total. The molecule has 1 aliphatic carbocycles. The molecule has 3 heterocycles. The summed E-state index contributed by atoms with van der Waals surface area (Å²) in [5, 5.41) is 1.62. The lowest BCUT2D eigenvalue weighted by molar-refractivity contribution is -0.207. The topological polar surface area (TPSA) is 42.0 Å². The Balaban J connectivity index is 1.43. The molecule has 0 radical (unpaired) electrons. The van der Waals surface area contributed by atoms with E-state index < -0.39 is 0 Å². The number of nitrogens with zero attached hydrogens (tertiary/aromatic N) is 2. The normalized spacial score (nSPS) is 37.5. The van der Waals surface area contributed by atoms with E-state index in [0.717, 1.165) is 45.1 Å². The molecule has 0 unspecified atom stereocenters. The molecule has 5 heteroatoms. The Labute approximate surface area is 132 Å². The van der Waals surface area contributed by atoms with E-state index in [1.54, 1.807) is 5.06 Å². The Kier molecular flexibility index (Phi) is 4.38. The van der Waals surface area contributed by atoms with Gasteiger partial charge in [0.15, 0.2) is 0 Å². The summed E-state index contributed by atoms with van der Waals surface area (Å²) in [5.74, 6) is 1.17. The van der Waals surface area contributed by atoms with Gasteiger partial charge in [0.25, 0.3) is 5.91 Å². The molecule has 4 rings (SSSR count). The summed E-state index contributed by atoms with van der Waals surface area (Å²) in [6.07, 6.45) is 7.55. The zero-order valence-corrected chi connectivity index (χ0v) is 13.4. The van der Waals surface area contributed by atoms with Gasteiger partial charge < -0.3 is 4.74 Å². The summed E-state index contributed by atoms with van der Waals surface area (Å²) in [5.41, 5.74) is 0. The van der Waals surface area contributed by atoms with Gasteiger partial charge in [-0.1, -0.05) is 12.8 Å². The molecular weight excluding hydrogens is 280 g/mol. The molecule has 0 bridgehead atoms. The van der Waals surface area contributed by atoms with Crippen molar-refractivity contribution in [2.24, 2.45) is 17.8 Å². The van der Waals surface area contributed by atoms with Crippen LogP contribution in [0.3, 0.4) is 0 Å². The van der Waals surface area contributed by atoms with E-state index >= 15 is 0 Å². The average molecular weight is 308 g/mol. The molecule has 1 amide bonds. The SMILES string of the molecule is O=C([C@@H]1COC[C@H]2CN(C3CCCC3)C[C@H]21)N1CCCCO1. The fourth-order valence-electron chi connectivity index (χ4n) is 4.81. The van der Waals surface area contributed by atoms with Crippen LogP contribution in [0.15, 0.2) is 0 Å². The van der Waals surface area contributed by atoms with Crippen LogP contribution >= 0.6 is 0 Å². The highest BCUT2D eigenvalue weighted by molar-refractivity contribution is 5.78. The van der Waals surface area contributed by atoms with Crippen LogP contribution in [-0.4, -0.2) is 61.4 Å². The maximum Gasteiger partial charge on any atom is 0.251 e. The Morgan fingerprint density at radius 3 is 2.64 bits per heavy atom. The van der Waals surface area contributed by atoms with Crippen LogP contribution in [0, 0.1) is 17.8 Å². The first-order valence-corrected chi connectivity index (χ1v) is 9.09. The molecule has 3 atom stereocenters. The number of hydrogen-bond donors (Lipinski definition) is 0. The van der Waals surface area contributed by atoms with Gasteiger partial charge in [-0.2, -0.15) is 0 Å². The highest BCUT2D eigenvalue weighted by atomic mass is 16.7. The van der Waals surface area contributed by atoms with Crippen molar-refractivity contribution in [1.82, 2.24) is 9.96 Å². The van der Waals surface area contributed by atoms with Crippen LogP contribution < -0.4 is 0 Å². The number of fused-ring (bicyclic) bond motifs is 1. The third-order valence-corrected chi connectivity index (χ3v) is 6.07. The summed E-state index contributed by atoms with van der Waals surface area (Å²) < 4.78 is 5.79. The fraction of sp³-hybridized carbons (Fsp3) is 0.941. The second-order valence-corrected chi connectivity index (χ2v) is 7.44. The van der Waals surface area contributed by atoms with Crippen molar-refractivity contribution in [2.75, 3.05) is 39.5 Å². The van der Waals surface area contributed by atoms with Crippen molar-refractivity contribution in [2.45, 2.75) is 44.6 Å². The second-order valence-electron chi connectivity index (χ2n) is 7.44. The Hall–Kier alpha value is -0.650. The van der Waals surface area contributed by atoms with Crippen LogP contribution in [0.4, 0.5) is 0 Å². The highest BCUT2D eigenvalue weighted by Gasteiger charge is 2.46. The minimum atomic E-state index is 0.00301. The van der Waals surface area contributed by atoms with E-state index in [2.05, 4.69) is 4.90 Å². The van der Waals surface area contributed by atoms with Gasteiger partial charge in [-0.25, -0.2) is 5.06 Å². The molecule has 0 aromatic heterocycles. The zero-order valence-electron chi connectivity index (χ0n) is 13.4. The Morgan fingerprint density at radius 1 is 1.00 bits per heavy atom. The molecular formula is C17H28N2O3. The number of carbonyl (C=O) groups excluding carboxylic acids is 1. The van der Waals surface area contributed by atoms with Crippen LogP contribution in [0.5, 0.6) is 0 Å². The fourth-order valence-corrected chi connectivity index (χ4v) is 4.81. The quantitative estimate of drug-likeness (QED) is 0.778. The van der Waals surface area contributed by atoms with E-state index in [0.29, 0.717) is 25.0 Å². The van der Waals surface area contributed by atoms with Gasteiger partial charge in [0.2, 0.25) is 0 Å². The Morgan fingerprint density at radius 2 is 1.86 bits per heavy atom. The molecule has 0 N–H and O–H groups in total. The zero-order chi connectivity index (χ0) is 14.9. The molecule has 22 heavy (non-hydrogen) atoms. The lowest BCUT2D eigenvalue weighted by Gasteiger charge is -2.36. The van der Waals surface area contributed by atoms with E-state index in [-0.39, 0.29) is 11.8 Å². The van der Waals surface area contributed by atoms with Crippen molar-refractivity contribution in [3.05, 3.63) is 0 Å². The van der Waals surface area contributed by atoms with E-state index in [9.17, 15) is 4.79 Å². The van der Waals surface area contributed by atoms with Gasteiger partial charge in [0.1, 0.15) is 0 Å². The van der Waals surface area contributed by atoms with Gasteiger partial charge in [-0.15, -0.1) is 0 Å². The number of likely N-dealkylation sites (tertiary alicyclic amines) is 1. The first kappa shape index (κ1) is 14.9. The summed E-state index contributed by atoms with van der Waals surface area (Å²) in [7, 11) is 0. The molecule has 0 spiro atoms. The predicted octanol–water partition coefficient (Wildman–Crippen LogP) is 1.68. The van der Waals surface area contributed by atoms with Crippen LogP contribution in [0.2, 0.25) is 0 Å². The third-order valence-electron chi connectivity index (χ3n) is 6.07. The monoisotopic (exact) mass is 308 g/mol. The van der Waals surface area contributed by atoms with Gasteiger partial charge in [0, 0.05) is 25.7 Å². The molecule has 1 saturated carbocycles. The van der Waals surface area contributed by atoms with Crippen LogP contribution in [0.25, 0.3) is 0 Å². The summed E-state index contributed by atoms with van der Waals surface area (Å²) in [4.78, 5) is 21.1. The maximum absolute atomic E-state index is 12.8. The van der Waals surface area contributed by atoms with E-state index in [4.69, 9.17) is 9.57 Å². The van der Waals surface area contributed by atoms with Crippen molar-refractivity contribution in [3.63, 3.8) is 0 Å². The minimum Gasteiger partial charge on any atom is -0.380 e. The first-order valence-electron chi connectivity index (χ1n) is 9.09. The summed E-state index contributed by atoms with van der Waals surface area (Å²) in [6, 6.07) is 0.757. The maximum atomic E-state index is 12.8. The molecule has 124 valence electrons. The predicted molar refractivity (Wildman–Crippen MR) is 82.0 cm³/mol. The summed E-state index contributed by atoms with van der Waals surface area (Å²) in [6.45, 7) is 5.06. The number of hydrogen-bond acceptors (Lipinski definition) is 4. The van der Waals surface area contributed by atoms with Gasteiger partial charge >= 0.3 is 0 Å². The van der Waals surface area contributed by atoms with Crippen molar-refractivity contribution < 1.29 is 14.4 Å². The van der Waals surface area contributed by atoms with E-state index in [1.807, 2.05) is 0 Å². The van der Waals surface area contributed by atoms with E-state index in [1.165, 1.54) is 25.7 Å². The van der Waals surface area contributed by atoms with Crippen molar-refractivity contribution in [3.8, 4) is 0 Å². The average Bonchev–Trinajstić information content (AvgIpc) is 3.23. The number of carbonyl (C=O) groups is 1. The first-order chi connectivity index (χ1) is 10.8. The van der Waals surface area contributed by atoms with Gasteiger partial charge in [-0.3, -0.25) is 14.5 Å². The standard InChI is InChI=1S/C17H28N2O3/c20-17(19-7-3-4-8-22-19)16-12-21-11-13-9-18(10-15(13)16)14-5-1-2-6-14/h13-16H,1-12H2/t13-,15-,16-/m1/s1. The molecule has 4 aliphatic rings. The van der Waals surface area contributed by atoms with Crippen molar-refractivity contribution >= 4 is 5.91 Å². The number of ether oxygens (including phenoxy) is 1. The van der Waals surface area contributed by atoms with Crippen molar-refractivity contribution in [1.29, 1.82) is 0 Å². The summed E-state index contributed by atoms with van der Waals surface area (Å²) >= 11 is 0. The van der Waals surface area contributed by atoms with Crippen LogP contribution in [-0.2, 0) is 14.4 Å². The largest absolute Gasteiger partial charge is 0.380 e. The minimum absolute atomic E-state index is 0.00301. The smallest absolute Gasteiger partial charge is 0.251 e. The third kappa shape index (κ3) is 2.79. The van der Waals surface area contributed by atoms with Gasteiger partial charge in [-0.05, 0) is 37.5 Å². The van der Waals surface area contributed by atoms with Gasteiger partial charge in [0.05, 0.1) is 25.7 Å². The highest BCUT2D eigenvalue weighted by Crippen LogP contribution is 2.38. The molecule has 4 fully saturated rings. The molecule has 3 aliphatic heterocycles. The second kappa shape index (κ2) is 6.46. The number of rotatable bonds is 2. The Bertz CT molecular complexity index is 405. The molecule has 0 aromatic carbocycles. The number of hydroxylamine groups is 2. The molecule has 3 saturated heterocycles. The number of amides is 1. The lowest BCUT2D eigenvalue weighted by atomic mass is 9.82. The molecule has 0 aromatic rings. The van der Waals surface area contributed by atoms with Crippen LogP contribution in [0.1, 0.15) is 38.5 Å². The lowest BCUT2D eigenvalue weighted by Crippen LogP contribution is -2.47.